The lowest BCUT2D eigenvalue weighted by atomic mass is 10.1. The van der Waals surface area contributed by atoms with Crippen LogP contribution in [-0.4, -0.2) is 41.9 Å². The summed E-state index contributed by atoms with van der Waals surface area (Å²) in [5, 5.41) is 13.1. The van der Waals surface area contributed by atoms with Crippen LogP contribution in [0.4, 0.5) is 0 Å². The fourth-order valence-corrected chi connectivity index (χ4v) is 5.14. The summed E-state index contributed by atoms with van der Waals surface area (Å²) in [5.41, 5.74) is 0. The average Bonchev–Trinajstić information content (AvgIpc) is 3.01. The quantitative estimate of drug-likeness (QED) is 0.0422. The molecule has 0 fully saturated rings. The molecular weight excluding hydrogens is 594 g/mol. The number of aliphatic hydroxyl groups excluding tert-OH is 1. The van der Waals surface area contributed by atoms with Crippen LogP contribution in [0.1, 0.15) is 123 Å². The Bertz CT molecular complexity index is 1080. The summed E-state index contributed by atoms with van der Waals surface area (Å²) in [4.78, 5) is 12.4. The molecule has 0 saturated heterocycles. The highest BCUT2D eigenvalue weighted by Gasteiger charge is 2.24. The molecule has 6 nitrogen and oxygen atoms in total. The maximum absolute atomic E-state index is 12.4. The third-order valence-electron chi connectivity index (χ3n) is 6.99. The van der Waals surface area contributed by atoms with Gasteiger partial charge in [-0.1, -0.05) is 130 Å². The van der Waals surface area contributed by atoms with Gasteiger partial charge in [-0.3, -0.25) is 9.35 Å². The van der Waals surface area contributed by atoms with E-state index in [1.807, 2.05) is 0 Å². The number of unbranched alkanes of at least 4 members (excludes halogenated alkanes) is 7. The number of carbonyl (C=O) groups excluding carboxylic acids is 1. The van der Waals surface area contributed by atoms with E-state index in [2.05, 4.69) is 104 Å². The first-order chi connectivity index (χ1) is 22.3. The van der Waals surface area contributed by atoms with Crippen molar-refractivity contribution in [1.29, 1.82) is 0 Å². The Kier molecular flexibility index (Phi) is 30.3. The predicted octanol–water partition coefficient (Wildman–Crippen LogP) is 9.84. The van der Waals surface area contributed by atoms with Gasteiger partial charge in [0.2, 0.25) is 5.91 Å². The molecule has 2 atom stereocenters. The van der Waals surface area contributed by atoms with Crippen molar-refractivity contribution in [3.05, 3.63) is 97.2 Å². The van der Waals surface area contributed by atoms with Crippen LogP contribution in [0.15, 0.2) is 97.2 Å². The Balaban J connectivity index is 4.15. The van der Waals surface area contributed by atoms with E-state index in [1.54, 1.807) is 6.08 Å². The zero-order valence-corrected chi connectivity index (χ0v) is 29.5. The van der Waals surface area contributed by atoms with E-state index in [0.717, 1.165) is 64.2 Å². The molecule has 0 aromatic heterocycles. The Labute approximate surface area is 281 Å². The van der Waals surface area contributed by atoms with Crippen LogP contribution in [0.25, 0.3) is 0 Å². The van der Waals surface area contributed by atoms with Crippen LogP contribution in [0.3, 0.4) is 0 Å². The molecule has 0 aliphatic carbocycles. The molecule has 1 amide bonds. The third-order valence-corrected chi connectivity index (χ3v) is 7.77. The second kappa shape index (κ2) is 32.2. The van der Waals surface area contributed by atoms with Gasteiger partial charge in [-0.15, -0.1) is 0 Å². The van der Waals surface area contributed by atoms with E-state index in [9.17, 15) is 22.9 Å². The van der Waals surface area contributed by atoms with E-state index in [1.165, 1.54) is 31.8 Å². The lowest BCUT2D eigenvalue weighted by molar-refractivity contribution is -0.122. The normalized spacial score (nSPS) is 14.6. The first-order valence-corrected chi connectivity index (χ1v) is 19.0. The van der Waals surface area contributed by atoms with Gasteiger partial charge in [0, 0.05) is 6.42 Å². The van der Waals surface area contributed by atoms with Crippen molar-refractivity contribution in [3.63, 3.8) is 0 Å². The van der Waals surface area contributed by atoms with Gasteiger partial charge in [-0.05, 0) is 83.5 Å². The monoisotopic (exact) mass is 657 g/mol. The Morgan fingerprint density at radius 1 is 0.609 bits per heavy atom. The fourth-order valence-electron chi connectivity index (χ4n) is 4.41. The molecule has 2 unspecified atom stereocenters. The molecule has 0 radical (unpaired) electrons. The summed E-state index contributed by atoms with van der Waals surface area (Å²) in [6.07, 6.45) is 48.2. The molecule has 7 heteroatoms. The van der Waals surface area contributed by atoms with Crippen LogP contribution in [0.2, 0.25) is 0 Å². The molecule has 3 N–H and O–H groups in total. The molecular formula is C39H63NO5S. The zero-order chi connectivity index (χ0) is 34.0. The van der Waals surface area contributed by atoms with Gasteiger partial charge in [0.1, 0.15) is 0 Å². The second-order valence-corrected chi connectivity index (χ2v) is 12.9. The molecule has 260 valence electrons. The van der Waals surface area contributed by atoms with Gasteiger partial charge < -0.3 is 10.4 Å². The molecule has 0 spiro atoms. The Morgan fingerprint density at radius 2 is 1.07 bits per heavy atom. The van der Waals surface area contributed by atoms with E-state index < -0.39 is 28.0 Å². The topological polar surface area (TPSA) is 104 Å². The number of hydrogen-bond acceptors (Lipinski definition) is 4. The highest BCUT2D eigenvalue weighted by Crippen LogP contribution is 2.07. The molecule has 46 heavy (non-hydrogen) atoms. The van der Waals surface area contributed by atoms with Crippen LogP contribution in [-0.2, 0) is 14.9 Å². The molecule has 0 saturated carbocycles. The molecule has 0 bridgehead atoms. The van der Waals surface area contributed by atoms with E-state index >= 15 is 0 Å². The van der Waals surface area contributed by atoms with Crippen molar-refractivity contribution in [2.24, 2.45) is 0 Å². The summed E-state index contributed by atoms with van der Waals surface area (Å²) in [6, 6.07) is -1.10. The highest BCUT2D eigenvalue weighted by atomic mass is 32.2. The summed E-state index contributed by atoms with van der Waals surface area (Å²) in [6.45, 7) is 4.34. The summed E-state index contributed by atoms with van der Waals surface area (Å²) < 4.78 is 32.2. The van der Waals surface area contributed by atoms with Gasteiger partial charge in [-0.2, -0.15) is 8.42 Å². The number of amides is 1. The number of nitrogens with one attached hydrogen (secondary N) is 1. The van der Waals surface area contributed by atoms with Crippen molar-refractivity contribution < 1.29 is 22.9 Å². The Hall–Kier alpha value is -2.74. The van der Waals surface area contributed by atoms with Crippen LogP contribution in [0, 0.1) is 0 Å². The van der Waals surface area contributed by atoms with Crippen molar-refractivity contribution in [3.8, 4) is 0 Å². The highest BCUT2D eigenvalue weighted by molar-refractivity contribution is 7.85. The summed E-state index contributed by atoms with van der Waals surface area (Å²) in [5.74, 6) is -1.07. The lowest BCUT2D eigenvalue weighted by Gasteiger charge is -2.21. The van der Waals surface area contributed by atoms with Crippen molar-refractivity contribution >= 4 is 16.0 Å². The molecule has 0 aliphatic rings. The largest absolute Gasteiger partial charge is 0.387 e. The maximum Gasteiger partial charge on any atom is 0.267 e. The lowest BCUT2D eigenvalue weighted by Crippen LogP contribution is -2.46. The van der Waals surface area contributed by atoms with Crippen molar-refractivity contribution in [2.45, 2.75) is 135 Å². The standard InChI is InChI=1S/C39H63NO5S/c1-3-5-7-9-11-13-15-16-17-18-19-20-21-22-23-24-25-27-29-31-33-35-39(42)40-37(36-46(43,44)45)38(41)34-32-30-28-26-14-12-10-8-6-4-2/h5,7,11,13-14,16-17,19-20,22-23,25-27,32,34,37-38,41H,3-4,6,8-10,12,15,18,21,24,28-31,33,35-36H2,1-2H3,(H,40,42)(H,43,44,45)/b7-5-,13-11-,17-16-,20-19-,23-22-,26-14+,27-25-,34-32+. The smallest absolute Gasteiger partial charge is 0.267 e. The fraction of sp³-hybridized carbons (Fsp3) is 0.564. The zero-order valence-electron chi connectivity index (χ0n) is 28.6. The molecule has 0 aromatic rings. The molecule has 0 aromatic carbocycles. The first kappa shape index (κ1) is 43.3. The maximum atomic E-state index is 12.4. The van der Waals surface area contributed by atoms with E-state index in [-0.39, 0.29) is 12.3 Å². The SMILES string of the molecule is CC/C=C\C/C=C\C/C=C\C/C=C\C/C=C\C/C=C\CCCCC(=O)NC(CS(=O)(=O)O)C(O)/C=C/CC/C=C/CCCCCC. The number of aliphatic hydroxyl groups is 1. The van der Waals surface area contributed by atoms with Gasteiger partial charge in [-0.25, -0.2) is 0 Å². The number of allylic oxidation sites excluding steroid dienone is 15. The third kappa shape index (κ3) is 32.6. The van der Waals surface area contributed by atoms with Crippen molar-refractivity contribution in [2.75, 3.05) is 5.75 Å². The summed E-state index contributed by atoms with van der Waals surface area (Å²) >= 11 is 0. The predicted molar refractivity (Wildman–Crippen MR) is 197 cm³/mol. The van der Waals surface area contributed by atoms with E-state index in [0.29, 0.717) is 12.8 Å². The number of carbonyl (C=O) groups is 1. The summed E-state index contributed by atoms with van der Waals surface area (Å²) in [7, 11) is -4.37. The van der Waals surface area contributed by atoms with E-state index in [4.69, 9.17) is 0 Å². The number of hydrogen-bond donors (Lipinski definition) is 3. The average molecular weight is 658 g/mol. The van der Waals surface area contributed by atoms with Crippen molar-refractivity contribution in [1.82, 2.24) is 5.32 Å². The molecule has 0 heterocycles. The Morgan fingerprint density at radius 3 is 1.59 bits per heavy atom. The van der Waals surface area contributed by atoms with Crippen LogP contribution < -0.4 is 5.32 Å². The molecule has 0 rings (SSSR count). The van der Waals surface area contributed by atoms with Gasteiger partial charge in [0.25, 0.3) is 10.1 Å². The van der Waals surface area contributed by atoms with Gasteiger partial charge in [0.15, 0.2) is 0 Å². The van der Waals surface area contributed by atoms with Crippen LogP contribution in [0.5, 0.6) is 0 Å². The van der Waals surface area contributed by atoms with Gasteiger partial charge in [0.05, 0.1) is 17.9 Å². The van der Waals surface area contributed by atoms with Crippen LogP contribution >= 0.6 is 0 Å². The minimum absolute atomic E-state index is 0.226. The molecule has 0 aliphatic heterocycles. The minimum Gasteiger partial charge on any atom is -0.387 e. The van der Waals surface area contributed by atoms with Gasteiger partial charge >= 0.3 is 0 Å². The minimum atomic E-state index is -4.37. The second-order valence-electron chi connectivity index (χ2n) is 11.4. The number of rotatable bonds is 29. The first-order valence-electron chi connectivity index (χ1n) is 17.4.